The van der Waals surface area contributed by atoms with E-state index in [9.17, 15) is 0 Å². The molecule has 1 aromatic heterocycles. The van der Waals surface area contributed by atoms with Crippen molar-refractivity contribution in [3.05, 3.63) is 100 Å². The van der Waals surface area contributed by atoms with Crippen molar-refractivity contribution in [2.24, 2.45) is 10.9 Å². The fourth-order valence-electron chi connectivity index (χ4n) is 4.11. The van der Waals surface area contributed by atoms with Crippen LogP contribution in [0.15, 0.2) is 84.5 Å². The van der Waals surface area contributed by atoms with E-state index in [1.165, 1.54) is 37.6 Å². The van der Waals surface area contributed by atoms with E-state index in [-0.39, 0.29) is 6.04 Å². The van der Waals surface area contributed by atoms with Crippen molar-refractivity contribution in [2.45, 2.75) is 60.9 Å². The van der Waals surface area contributed by atoms with Crippen LogP contribution >= 0.6 is 11.3 Å². The topological polar surface area (TPSA) is 24.4 Å². The summed E-state index contributed by atoms with van der Waals surface area (Å²) in [5.74, 6) is 0.395. The molecular formula is C33H40N2S. The van der Waals surface area contributed by atoms with Gasteiger partial charge in [0, 0.05) is 27.4 Å². The zero-order valence-corrected chi connectivity index (χ0v) is 23.7. The summed E-state index contributed by atoms with van der Waals surface area (Å²) in [5.41, 5.74) is 9.37. The smallest absolute Gasteiger partial charge is 0.0666 e. The zero-order chi connectivity index (χ0) is 26.2. The van der Waals surface area contributed by atoms with Gasteiger partial charge in [0.1, 0.15) is 0 Å². The molecule has 1 atom stereocenters. The van der Waals surface area contributed by atoms with Crippen molar-refractivity contribution in [3.8, 4) is 11.1 Å². The molecule has 0 aliphatic carbocycles. The van der Waals surface area contributed by atoms with Gasteiger partial charge in [0.2, 0.25) is 0 Å². The third-order valence-corrected chi connectivity index (χ3v) is 7.95. The Morgan fingerprint density at radius 3 is 1.92 bits per heavy atom. The first-order valence-corrected chi connectivity index (χ1v) is 13.6. The monoisotopic (exact) mass is 496 g/mol. The largest absolute Gasteiger partial charge is 0.376 e. The van der Waals surface area contributed by atoms with Gasteiger partial charge >= 0.3 is 0 Å². The second kappa shape index (κ2) is 12.7. The minimum Gasteiger partial charge on any atom is -0.376 e. The van der Waals surface area contributed by atoms with Gasteiger partial charge in [0.25, 0.3) is 0 Å². The van der Waals surface area contributed by atoms with Crippen molar-refractivity contribution in [2.75, 3.05) is 0 Å². The zero-order valence-electron chi connectivity index (χ0n) is 22.9. The van der Waals surface area contributed by atoms with Crippen LogP contribution < -0.4 is 5.32 Å². The predicted molar refractivity (Wildman–Crippen MR) is 162 cm³/mol. The van der Waals surface area contributed by atoms with Gasteiger partial charge in [-0.15, -0.1) is 11.3 Å². The van der Waals surface area contributed by atoms with Gasteiger partial charge in [0.15, 0.2) is 0 Å². The highest BCUT2D eigenvalue weighted by Gasteiger charge is 2.18. The SMILES string of the molecule is C=C(N[C@H](/C(C)=N/C=C(\C)c1ccc(-c2ccc(/C(C)=C/C)cc2)cc1)C(C)C)c1ccc(CC)s1. The highest BCUT2D eigenvalue weighted by molar-refractivity contribution is 7.13. The maximum Gasteiger partial charge on any atom is 0.0666 e. The molecule has 3 rings (SSSR count). The van der Waals surface area contributed by atoms with Crippen LogP contribution in [0.2, 0.25) is 0 Å². The number of rotatable bonds is 10. The fourth-order valence-corrected chi connectivity index (χ4v) is 4.99. The molecular weight excluding hydrogens is 456 g/mol. The van der Waals surface area contributed by atoms with Crippen LogP contribution in [0.5, 0.6) is 0 Å². The van der Waals surface area contributed by atoms with Gasteiger partial charge in [-0.2, -0.15) is 0 Å². The maximum atomic E-state index is 4.85. The number of allylic oxidation sites excluding steroid dienone is 3. The molecule has 0 aliphatic rings. The molecule has 0 bridgehead atoms. The van der Waals surface area contributed by atoms with E-state index in [2.05, 4.69) is 127 Å². The molecule has 0 unspecified atom stereocenters. The van der Waals surface area contributed by atoms with E-state index in [0.29, 0.717) is 5.92 Å². The number of nitrogens with zero attached hydrogens (tertiary/aromatic N) is 1. The van der Waals surface area contributed by atoms with Gasteiger partial charge in [-0.25, -0.2) is 0 Å². The predicted octanol–water partition coefficient (Wildman–Crippen LogP) is 9.51. The second-order valence-corrected chi connectivity index (χ2v) is 10.8. The molecule has 36 heavy (non-hydrogen) atoms. The highest BCUT2D eigenvalue weighted by atomic mass is 32.1. The van der Waals surface area contributed by atoms with E-state index in [0.717, 1.165) is 23.4 Å². The minimum absolute atomic E-state index is 0.130. The van der Waals surface area contributed by atoms with Crippen LogP contribution in [0.25, 0.3) is 28.0 Å². The molecule has 2 aromatic carbocycles. The minimum atomic E-state index is 0.130. The van der Waals surface area contributed by atoms with Gasteiger partial charge in [0.05, 0.1) is 6.04 Å². The van der Waals surface area contributed by atoms with E-state index >= 15 is 0 Å². The highest BCUT2D eigenvalue weighted by Crippen LogP contribution is 2.26. The lowest BCUT2D eigenvalue weighted by Crippen LogP contribution is -2.38. The van der Waals surface area contributed by atoms with E-state index < -0.39 is 0 Å². The molecule has 0 fully saturated rings. The van der Waals surface area contributed by atoms with Gasteiger partial charge in [-0.1, -0.05) is 82.0 Å². The third-order valence-electron chi connectivity index (χ3n) is 6.66. The number of nitrogens with one attached hydrogen (secondary N) is 1. The summed E-state index contributed by atoms with van der Waals surface area (Å²) >= 11 is 1.81. The normalized spacial score (nSPS) is 13.7. The number of benzene rings is 2. The molecule has 3 aromatic rings. The average molecular weight is 497 g/mol. The van der Waals surface area contributed by atoms with Crippen LogP contribution in [0.1, 0.15) is 69.3 Å². The second-order valence-electron chi connectivity index (χ2n) is 9.67. The number of hydrogen-bond donors (Lipinski definition) is 1. The van der Waals surface area contributed by atoms with Crippen molar-refractivity contribution in [3.63, 3.8) is 0 Å². The number of thiophene rings is 1. The molecule has 0 radical (unpaired) electrons. The summed E-state index contributed by atoms with van der Waals surface area (Å²) in [7, 11) is 0. The van der Waals surface area contributed by atoms with E-state index in [4.69, 9.17) is 4.99 Å². The molecule has 2 nitrogen and oxygen atoms in total. The van der Waals surface area contributed by atoms with Crippen molar-refractivity contribution in [1.82, 2.24) is 5.32 Å². The molecule has 0 amide bonds. The van der Waals surface area contributed by atoms with Crippen LogP contribution in [-0.2, 0) is 6.42 Å². The Labute approximate surface area is 222 Å². The summed E-state index contributed by atoms with van der Waals surface area (Å²) in [6.45, 7) is 19.4. The first kappa shape index (κ1) is 27.4. The Kier molecular flexibility index (Phi) is 9.66. The Balaban J connectivity index is 1.71. The average Bonchev–Trinajstić information content (AvgIpc) is 3.39. The lowest BCUT2D eigenvalue weighted by atomic mass is 9.98. The van der Waals surface area contributed by atoms with Crippen LogP contribution in [0, 0.1) is 5.92 Å². The Hall–Kier alpha value is -3.17. The maximum absolute atomic E-state index is 4.85. The van der Waals surface area contributed by atoms with Crippen molar-refractivity contribution in [1.29, 1.82) is 0 Å². The number of aryl methyl sites for hydroxylation is 1. The van der Waals surface area contributed by atoms with Crippen LogP contribution in [0.4, 0.5) is 0 Å². The van der Waals surface area contributed by atoms with Gasteiger partial charge in [-0.05, 0) is 85.6 Å². The molecule has 1 N–H and O–H groups in total. The number of aliphatic imine (C=N–C) groups is 1. The molecule has 0 spiro atoms. The van der Waals surface area contributed by atoms with E-state index in [1.54, 1.807) is 0 Å². The molecule has 1 heterocycles. The van der Waals surface area contributed by atoms with Crippen molar-refractivity contribution < 1.29 is 0 Å². The first-order valence-electron chi connectivity index (χ1n) is 12.8. The van der Waals surface area contributed by atoms with Crippen LogP contribution in [0.3, 0.4) is 0 Å². The third kappa shape index (κ3) is 6.95. The van der Waals surface area contributed by atoms with Gasteiger partial charge in [-0.3, -0.25) is 4.99 Å². The molecule has 3 heteroatoms. The number of hydrogen-bond acceptors (Lipinski definition) is 3. The lowest BCUT2D eigenvalue weighted by molar-refractivity contribution is 0.545. The molecule has 0 aliphatic heterocycles. The van der Waals surface area contributed by atoms with Crippen LogP contribution in [-0.4, -0.2) is 11.8 Å². The van der Waals surface area contributed by atoms with Crippen molar-refractivity contribution >= 4 is 33.9 Å². The Morgan fingerprint density at radius 1 is 0.889 bits per heavy atom. The molecule has 188 valence electrons. The summed E-state index contributed by atoms with van der Waals surface area (Å²) in [5, 5.41) is 3.63. The summed E-state index contributed by atoms with van der Waals surface area (Å²) < 4.78 is 0. The first-order chi connectivity index (χ1) is 17.2. The summed E-state index contributed by atoms with van der Waals surface area (Å²) in [4.78, 5) is 7.43. The molecule has 0 saturated carbocycles. The molecule has 0 saturated heterocycles. The summed E-state index contributed by atoms with van der Waals surface area (Å²) in [6.07, 6.45) is 5.18. The Morgan fingerprint density at radius 2 is 1.44 bits per heavy atom. The standard InChI is InChI=1S/C33H40N2S/c1-9-23(5)27-11-15-29(16-12-27)30-17-13-28(14-18-30)24(6)21-34-26(8)33(22(3)4)35-25(7)32-20-19-31(10-2)36-32/h9,11-22,33,35H,7,10H2,1-6,8H3/b23-9+,24-21+,34-26+/t33-/m0/s1. The Bertz CT molecular complexity index is 1250. The lowest BCUT2D eigenvalue weighted by Gasteiger charge is -2.24. The quantitative estimate of drug-likeness (QED) is 0.278. The fraction of sp³-hybridized carbons (Fsp3) is 0.303. The summed E-state index contributed by atoms with van der Waals surface area (Å²) in [6, 6.07) is 22.0. The van der Waals surface area contributed by atoms with Gasteiger partial charge < -0.3 is 5.32 Å². The van der Waals surface area contributed by atoms with E-state index in [1.807, 2.05) is 17.5 Å².